The van der Waals surface area contributed by atoms with Crippen molar-refractivity contribution in [1.82, 2.24) is 5.32 Å². The Balaban J connectivity index is 2.19. The second-order valence-corrected chi connectivity index (χ2v) is 8.93. The van der Waals surface area contributed by atoms with Crippen LogP contribution in [0.15, 0.2) is 0 Å². The molecule has 0 saturated heterocycles. The molecule has 0 bridgehead atoms. The number of carbonyl (C=O) groups is 2. The first-order chi connectivity index (χ1) is 14.6. The third-order valence-corrected chi connectivity index (χ3v) is 6.15. The first kappa shape index (κ1) is 26.8. The molecule has 1 rings (SSSR count). The van der Waals surface area contributed by atoms with Crippen LogP contribution in [0.1, 0.15) is 129 Å². The Kier molecular flexibility index (Phi) is 15.6. The van der Waals surface area contributed by atoms with E-state index < -0.39 is 11.6 Å². The highest BCUT2D eigenvalue weighted by molar-refractivity contribution is 5.86. The van der Waals surface area contributed by atoms with E-state index in [1.807, 2.05) is 0 Å². The van der Waals surface area contributed by atoms with Crippen LogP contribution >= 0.6 is 0 Å². The Morgan fingerprint density at radius 3 is 1.60 bits per heavy atom. The van der Waals surface area contributed by atoms with Gasteiger partial charge in [-0.05, 0) is 25.7 Å². The van der Waals surface area contributed by atoms with E-state index in [9.17, 15) is 9.59 Å². The second-order valence-electron chi connectivity index (χ2n) is 8.93. The van der Waals surface area contributed by atoms with E-state index in [4.69, 9.17) is 9.47 Å². The maximum absolute atomic E-state index is 12.7. The smallest absolute Gasteiger partial charge is 0.408 e. The fourth-order valence-electron chi connectivity index (χ4n) is 4.18. The highest BCUT2D eigenvalue weighted by atomic mass is 16.6. The van der Waals surface area contributed by atoms with E-state index in [1.165, 1.54) is 64.2 Å². The molecule has 1 saturated carbocycles. The zero-order valence-electron chi connectivity index (χ0n) is 19.8. The predicted molar refractivity (Wildman–Crippen MR) is 123 cm³/mol. The van der Waals surface area contributed by atoms with Crippen molar-refractivity contribution in [2.75, 3.05) is 13.2 Å². The van der Waals surface area contributed by atoms with Crippen LogP contribution in [0, 0.1) is 0 Å². The van der Waals surface area contributed by atoms with Crippen molar-refractivity contribution in [1.29, 1.82) is 0 Å². The SMILES string of the molecule is CCCCCCCCCCOC(=O)C1(NC(=O)OCCCCCCCC)CCCC1. The van der Waals surface area contributed by atoms with Crippen molar-refractivity contribution >= 4 is 12.1 Å². The van der Waals surface area contributed by atoms with Crippen LogP contribution in [0.2, 0.25) is 0 Å². The van der Waals surface area contributed by atoms with Crippen LogP contribution in [0.5, 0.6) is 0 Å². The molecule has 0 heterocycles. The third kappa shape index (κ3) is 11.8. The number of amides is 1. The number of ether oxygens (including phenoxy) is 2. The van der Waals surface area contributed by atoms with Crippen molar-refractivity contribution in [2.24, 2.45) is 0 Å². The van der Waals surface area contributed by atoms with Gasteiger partial charge in [-0.15, -0.1) is 0 Å². The van der Waals surface area contributed by atoms with Crippen molar-refractivity contribution in [3.63, 3.8) is 0 Å². The standard InChI is InChI=1S/C25H47NO4/c1-3-5-7-9-11-12-14-17-21-29-23(27)25(19-15-16-20-25)26-24(28)30-22-18-13-10-8-6-4-2/h3-22H2,1-2H3,(H,26,28). The molecule has 176 valence electrons. The molecule has 1 N–H and O–H groups in total. The van der Waals surface area contributed by atoms with Gasteiger partial charge in [0.1, 0.15) is 5.54 Å². The van der Waals surface area contributed by atoms with Gasteiger partial charge in [0.25, 0.3) is 0 Å². The lowest BCUT2D eigenvalue weighted by molar-refractivity contribution is -0.151. The molecule has 5 nitrogen and oxygen atoms in total. The molecule has 1 fully saturated rings. The number of nitrogens with one attached hydrogen (secondary N) is 1. The maximum Gasteiger partial charge on any atom is 0.408 e. The van der Waals surface area contributed by atoms with Crippen molar-refractivity contribution in [2.45, 2.75) is 135 Å². The quantitative estimate of drug-likeness (QED) is 0.188. The highest BCUT2D eigenvalue weighted by Gasteiger charge is 2.44. The molecule has 0 atom stereocenters. The summed E-state index contributed by atoms with van der Waals surface area (Å²) in [5.74, 6) is -0.278. The van der Waals surface area contributed by atoms with Gasteiger partial charge < -0.3 is 14.8 Å². The number of rotatable bonds is 18. The summed E-state index contributed by atoms with van der Waals surface area (Å²) in [6.07, 6.45) is 19.3. The van der Waals surface area contributed by atoms with E-state index in [-0.39, 0.29) is 5.97 Å². The molecule has 0 aromatic carbocycles. The summed E-state index contributed by atoms with van der Waals surface area (Å²) >= 11 is 0. The summed E-state index contributed by atoms with van der Waals surface area (Å²) in [4.78, 5) is 24.9. The van der Waals surface area contributed by atoms with Gasteiger partial charge in [0.2, 0.25) is 0 Å². The summed E-state index contributed by atoms with van der Waals surface area (Å²) in [6, 6.07) is 0. The zero-order chi connectivity index (χ0) is 21.9. The van der Waals surface area contributed by atoms with Gasteiger partial charge in [-0.2, -0.15) is 0 Å². The first-order valence-corrected chi connectivity index (χ1v) is 12.8. The molecule has 0 aliphatic heterocycles. The van der Waals surface area contributed by atoms with Gasteiger partial charge in [-0.1, -0.05) is 104 Å². The Labute approximate surface area is 185 Å². The molecule has 1 aliphatic rings. The largest absolute Gasteiger partial charge is 0.464 e. The Morgan fingerprint density at radius 2 is 1.10 bits per heavy atom. The van der Waals surface area contributed by atoms with E-state index >= 15 is 0 Å². The summed E-state index contributed by atoms with van der Waals surface area (Å²) in [6.45, 7) is 5.30. The average molecular weight is 426 g/mol. The van der Waals surface area contributed by atoms with Crippen molar-refractivity contribution < 1.29 is 19.1 Å². The average Bonchev–Trinajstić information content (AvgIpc) is 3.21. The van der Waals surface area contributed by atoms with Crippen LogP contribution in [-0.4, -0.2) is 30.8 Å². The van der Waals surface area contributed by atoms with Gasteiger partial charge in [0, 0.05) is 0 Å². The van der Waals surface area contributed by atoms with Gasteiger partial charge in [-0.3, -0.25) is 0 Å². The van der Waals surface area contributed by atoms with Gasteiger partial charge in [0.05, 0.1) is 13.2 Å². The van der Waals surface area contributed by atoms with Crippen molar-refractivity contribution in [3.8, 4) is 0 Å². The normalized spacial score (nSPS) is 15.1. The molecular weight excluding hydrogens is 378 g/mol. The molecule has 0 aromatic rings. The Bertz CT molecular complexity index is 446. The molecule has 0 aromatic heterocycles. The van der Waals surface area contributed by atoms with Crippen LogP contribution in [0.4, 0.5) is 4.79 Å². The lowest BCUT2D eigenvalue weighted by Crippen LogP contribution is -2.53. The number of esters is 1. The molecule has 0 unspecified atom stereocenters. The molecule has 1 aliphatic carbocycles. The molecule has 1 amide bonds. The van der Waals surface area contributed by atoms with Crippen LogP contribution < -0.4 is 5.32 Å². The van der Waals surface area contributed by atoms with Crippen LogP contribution in [0.25, 0.3) is 0 Å². The minimum absolute atomic E-state index is 0.278. The number of unbranched alkanes of at least 4 members (excludes halogenated alkanes) is 12. The van der Waals surface area contributed by atoms with Gasteiger partial charge >= 0.3 is 12.1 Å². The summed E-state index contributed by atoms with van der Waals surface area (Å²) in [5.41, 5.74) is -0.877. The lowest BCUT2D eigenvalue weighted by atomic mass is 9.98. The molecular formula is C25H47NO4. The minimum atomic E-state index is -0.877. The van der Waals surface area contributed by atoms with Crippen LogP contribution in [0.3, 0.4) is 0 Å². The predicted octanol–water partition coefficient (Wildman–Crippen LogP) is 7.07. The summed E-state index contributed by atoms with van der Waals surface area (Å²) in [5, 5.41) is 2.85. The highest BCUT2D eigenvalue weighted by Crippen LogP contribution is 2.31. The van der Waals surface area contributed by atoms with E-state index in [0.29, 0.717) is 26.1 Å². The summed E-state index contributed by atoms with van der Waals surface area (Å²) in [7, 11) is 0. The van der Waals surface area contributed by atoms with Gasteiger partial charge in [-0.25, -0.2) is 9.59 Å². The van der Waals surface area contributed by atoms with Crippen LogP contribution in [-0.2, 0) is 14.3 Å². The number of alkyl carbamates (subject to hydrolysis) is 1. The number of hydrogen-bond acceptors (Lipinski definition) is 4. The molecule has 0 radical (unpaired) electrons. The zero-order valence-corrected chi connectivity index (χ0v) is 19.8. The van der Waals surface area contributed by atoms with Gasteiger partial charge in [0.15, 0.2) is 0 Å². The minimum Gasteiger partial charge on any atom is -0.464 e. The van der Waals surface area contributed by atoms with E-state index in [0.717, 1.165) is 38.5 Å². The monoisotopic (exact) mass is 425 g/mol. The van der Waals surface area contributed by atoms with Crippen molar-refractivity contribution in [3.05, 3.63) is 0 Å². The molecule has 30 heavy (non-hydrogen) atoms. The Morgan fingerprint density at radius 1 is 0.667 bits per heavy atom. The summed E-state index contributed by atoms with van der Waals surface area (Å²) < 4.78 is 10.9. The first-order valence-electron chi connectivity index (χ1n) is 12.8. The fraction of sp³-hybridized carbons (Fsp3) is 0.920. The molecule has 5 heteroatoms. The van der Waals surface area contributed by atoms with E-state index in [1.54, 1.807) is 0 Å². The number of carbonyl (C=O) groups excluding carboxylic acids is 2. The Hall–Kier alpha value is -1.26. The maximum atomic E-state index is 12.7. The fourth-order valence-corrected chi connectivity index (χ4v) is 4.18. The van der Waals surface area contributed by atoms with E-state index in [2.05, 4.69) is 19.2 Å². The topological polar surface area (TPSA) is 64.6 Å². The molecule has 0 spiro atoms. The second kappa shape index (κ2) is 17.4. The third-order valence-electron chi connectivity index (χ3n) is 6.15. The number of hydrogen-bond donors (Lipinski definition) is 1. The lowest BCUT2D eigenvalue weighted by Gasteiger charge is -2.27.